The lowest BCUT2D eigenvalue weighted by atomic mass is 9.82. The van der Waals surface area contributed by atoms with Gasteiger partial charge in [-0.15, -0.1) is 0 Å². The summed E-state index contributed by atoms with van der Waals surface area (Å²) in [5.74, 6) is 0.444. The SMILES string of the molecule is Cc1ccc(Oc2nc3cc(C4=CCC5(C)C(=C4)C=CN5C)c(Cl)cc3[nH]2)cc1C(=O)NCCCCCCCN. The van der Waals surface area contributed by atoms with Gasteiger partial charge in [0.05, 0.1) is 21.6 Å². The number of unbranched alkanes of at least 4 members (excludes halogenated alkanes) is 4. The predicted molar refractivity (Wildman–Crippen MR) is 163 cm³/mol. The number of imidazole rings is 1. The molecule has 1 amide bonds. The molecule has 0 bridgehead atoms. The van der Waals surface area contributed by atoms with Crippen LogP contribution in [0.3, 0.4) is 0 Å². The summed E-state index contributed by atoms with van der Waals surface area (Å²) in [5, 5.41) is 3.68. The lowest BCUT2D eigenvalue weighted by Crippen LogP contribution is -2.38. The number of fused-ring (bicyclic) bond motifs is 2. The molecule has 40 heavy (non-hydrogen) atoms. The number of nitrogens with one attached hydrogen (secondary N) is 2. The first kappa shape index (κ1) is 28.0. The van der Waals surface area contributed by atoms with Crippen molar-refractivity contribution in [2.24, 2.45) is 5.73 Å². The molecule has 2 aliphatic rings. The van der Waals surface area contributed by atoms with E-state index in [2.05, 4.69) is 58.6 Å². The topological polar surface area (TPSA) is 96.3 Å². The molecule has 1 unspecified atom stereocenters. The number of halogens is 1. The molecule has 0 fully saturated rings. The number of rotatable bonds is 11. The van der Waals surface area contributed by atoms with Crippen LogP contribution in [0.4, 0.5) is 0 Å². The van der Waals surface area contributed by atoms with Gasteiger partial charge < -0.3 is 25.7 Å². The second-order valence-electron chi connectivity index (χ2n) is 10.9. The molecule has 0 saturated heterocycles. The summed E-state index contributed by atoms with van der Waals surface area (Å²) >= 11 is 6.73. The molecule has 7 nitrogen and oxygen atoms in total. The van der Waals surface area contributed by atoms with Gasteiger partial charge in [0.25, 0.3) is 11.9 Å². The number of aromatic nitrogens is 2. The highest BCUT2D eigenvalue weighted by atomic mass is 35.5. The number of amides is 1. The predicted octanol–water partition coefficient (Wildman–Crippen LogP) is 6.89. The number of H-pyrrole nitrogens is 1. The molecule has 1 aliphatic heterocycles. The van der Waals surface area contributed by atoms with E-state index in [0.717, 1.165) is 72.8 Å². The van der Waals surface area contributed by atoms with E-state index in [4.69, 9.17) is 22.1 Å². The summed E-state index contributed by atoms with van der Waals surface area (Å²) < 4.78 is 6.06. The van der Waals surface area contributed by atoms with Crippen LogP contribution < -0.4 is 15.8 Å². The minimum absolute atomic E-state index is 0.0123. The Morgan fingerprint density at radius 3 is 2.83 bits per heavy atom. The minimum atomic E-state index is -0.0970. The van der Waals surface area contributed by atoms with Crippen molar-refractivity contribution in [2.75, 3.05) is 20.1 Å². The lowest BCUT2D eigenvalue weighted by Gasteiger charge is -2.36. The second kappa shape index (κ2) is 11.9. The molecule has 3 aromatic rings. The molecule has 1 aromatic heterocycles. The van der Waals surface area contributed by atoms with E-state index in [0.29, 0.717) is 28.9 Å². The highest BCUT2D eigenvalue weighted by molar-refractivity contribution is 6.33. The summed E-state index contributed by atoms with van der Waals surface area (Å²) in [6.07, 6.45) is 15.0. The summed E-state index contributed by atoms with van der Waals surface area (Å²) in [7, 11) is 2.11. The monoisotopic (exact) mass is 559 g/mol. The van der Waals surface area contributed by atoms with Gasteiger partial charge in [-0.3, -0.25) is 4.79 Å². The third-order valence-electron chi connectivity index (χ3n) is 8.10. The van der Waals surface area contributed by atoms with Gasteiger partial charge in [0.1, 0.15) is 5.75 Å². The van der Waals surface area contributed by atoms with E-state index in [9.17, 15) is 4.79 Å². The highest BCUT2D eigenvalue weighted by Crippen LogP contribution is 2.42. The Morgan fingerprint density at radius 2 is 2.00 bits per heavy atom. The van der Waals surface area contributed by atoms with E-state index < -0.39 is 0 Å². The first-order valence-corrected chi connectivity index (χ1v) is 14.5. The van der Waals surface area contributed by atoms with E-state index in [1.807, 2.05) is 31.2 Å². The fraction of sp³-hybridized carbons (Fsp3) is 0.375. The number of carbonyl (C=O) groups is 1. The van der Waals surface area contributed by atoms with Crippen molar-refractivity contribution >= 4 is 34.1 Å². The number of nitrogens with zero attached hydrogens (tertiary/aromatic N) is 2. The largest absolute Gasteiger partial charge is 0.426 e. The number of nitrogens with two attached hydrogens (primary N) is 1. The van der Waals surface area contributed by atoms with Crippen molar-refractivity contribution in [3.8, 4) is 11.8 Å². The number of aromatic amines is 1. The summed E-state index contributed by atoms with van der Waals surface area (Å²) in [4.78, 5) is 23.0. The molecule has 2 aromatic carbocycles. The smallest absolute Gasteiger partial charge is 0.300 e. The summed E-state index contributed by atoms with van der Waals surface area (Å²) in [6, 6.07) is 9.73. The van der Waals surface area contributed by atoms with Crippen molar-refractivity contribution < 1.29 is 9.53 Å². The average Bonchev–Trinajstić information content (AvgIpc) is 3.46. The molecule has 0 radical (unpaired) electrons. The van der Waals surface area contributed by atoms with Crippen LogP contribution in [0, 0.1) is 6.92 Å². The van der Waals surface area contributed by atoms with Crippen LogP contribution in [0.25, 0.3) is 16.6 Å². The number of benzene rings is 2. The average molecular weight is 560 g/mol. The van der Waals surface area contributed by atoms with Crippen LogP contribution in [-0.2, 0) is 0 Å². The van der Waals surface area contributed by atoms with Gasteiger partial charge in [0.2, 0.25) is 0 Å². The molecule has 8 heteroatoms. The maximum Gasteiger partial charge on any atom is 0.300 e. The molecule has 0 spiro atoms. The number of ether oxygens (including phenoxy) is 1. The second-order valence-corrected chi connectivity index (χ2v) is 11.4. The van der Waals surface area contributed by atoms with Crippen LogP contribution in [0.1, 0.15) is 66.9 Å². The van der Waals surface area contributed by atoms with Crippen molar-refractivity contribution in [2.45, 2.75) is 57.9 Å². The Hall–Kier alpha value is -3.55. The fourth-order valence-electron chi connectivity index (χ4n) is 5.32. The summed E-state index contributed by atoms with van der Waals surface area (Å²) in [6.45, 7) is 5.57. The number of likely N-dealkylation sites (N-methyl/N-ethyl adjacent to an activating group) is 1. The van der Waals surface area contributed by atoms with E-state index in [-0.39, 0.29) is 11.4 Å². The molecule has 1 aliphatic carbocycles. The molecule has 4 N–H and O–H groups in total. The van der Waals surface area contributed by atoms with Gasteiger partial charge >= 0.3 is 0 Å². The van der Waals surface area contributed by atoms with Crippen LogP contribution in [-0.4, -0.2) is 46.5 Å². The molecule has 1 atom stereocenters. The fourth-order valence-corrected chi connectivity index (χ4v) is 5.60. The van der Waals surface area contributed by atoms with Gasteiger partial charge in [-0.25, -0.2) is 0 Å². The Morgan fingerprint density at radius 1 is 1.20 bits per heavy atom. The quantitative estimate of drug-likeness (QED) is 0.222. The van der Waals surface area contributed by atoms with Gasteiger partial charge in [0.15, 0.2) is 0 Å². The van der Waals surface area contributed by atoms with Crippen molar-refractivity contribution in [1.82, 2.24) is 20.2 Å². The Balaban J connectivity index is 1.27. The van der Waals surface area contributed by atoms with Crippen molar-refractivity contribution in [1.29, 1.82) is 0 Å². The van der Waals surface area contributed by atoms with Crippen molar-refractivity contribution in [3.63, 3.8) is 0 Å². The first-order chi connectivity index (χ1) is 19.3. The maximum atomic E-state index is 12.8. The molecule has 210 valence electrons. The zero-order chi connectivity index (χ0) is 28.3. The highest BCUT2D eigenvalue weighted by Gasteiger charge is 2.36. The van der Waals surface area contributed by atoms with Crippen molar-refractivity contribution in [3.05, 3.63) is 82.0 Å². The zero-order valence-corrected chi connectivity index (χ0v) is 24.3. The molecule has 5 rings (SSSR count). The first-order valence-electron chi connectivity index (χ1n) is 14.1. The van der Waals surface area contributed by atoms with Gasteiger partial charge in [0, 0.05) is 24.7 Å². The van der Waals surface area contributed by atoms with Gasteiger partial charge in [-0.05, 0) is 99.0 Å². The van der Waals surface area contributed by atoms with Crippen LogP contribution in [0.5, 0.6) is 11.8 Å². The van der Waals surface area contributed by atoms with E-state index in [1.165, 1.54) is 5.57 Å². The number of hydrogen-bond donors (Lipinski definition) is 3. The lowest BCUT2D eigenvalue weighted by molar-refractivity contribution is 0.0952. The molecular weight excluding hydrogens is 522 g/mol. The van der Waals surface area contributed by atoms with E-state index >= 15 is 0 Å². The molecule has 0 saturated carbocycles. The van der Waals surface area contributed by atoms with Crippen LogP contribution in [0.2, 0.25) is 5.02 Å². The Bertz CT molecular complexity index is 1500. The van der Waals surface area contributed by atoms with Crippen LogP contribution >= 0.6 is 11.6 Å². The zero-order valence-electron chi connectivity index (χ0n) is 23.5. The van der Waals surface area contributed by atoms with Crippen LogP contribution in [0.15, 0.2) is 60.3 Å². The number of allylic oxidation sites excluding steroid dienone is 2. The van der Waals surface area contributed by atoms with Gasteiger partial charge in [-0.2, -0.15) is 4.98 Å². The molecular formula is C32H38ClN5O2. The Kier molecular flexibility index (Phi) is 8.33. The third kappa shape index (κ3) is 5.81. The normalized spacial score (nSPS) is 18.1. The number of hydrogen-bond acceptors (Lipinski definition) is 5. The minimum Gasteiger partial charge on any atom is -0.426 e. The standard InChI is InChI=1S/C32H38ClN5O2/c1-21-9-10-24(18-25(21)30(39)35-15-8-6-4-5-7-14-34)40-31-36-28-19-26(27(33)20-29(28)37-31)22-11-13-32(2)23(17-22)12-16-38(32)3/h9-12,16-20H,4-8,13-15,34H2,1-3H3,(H,35,39)(H,36,37). The number of carbonyl (C=O) groups excluding carboxylic acids is 1. The van der Waals surface area contributed by atoms with E-state index in [1.54, 1.807) is 6.07 Å². The summed E-state index contributed by atoms with van der Waals surface area (Å²) in [5.41, 5.74) is 11.9. The maximum absolute atomic E-state index is 12.8. The number of aryl methyl sites for hydroxylation is 1. The Labute approximate surface area is 241 Å². The van der Waals surface area contributed by atoms with Gasteiger partial charge in [-0.1, -0.05) is 43.0 Å². The third-order valence-corrected chi connectivity index (χ3v) is 8.42. The molecule has 2 heterocycles.